The second-order valence-electron chi connectivity index (χ2n) is 3.58. The summed E-state index contributed by atoms with van der Waals surface area (Å²) in [6, 6.07) is 1.72. The molecule has 3 N–H and O–H groups in total. The van der Waals surface area contributed by atoms with Crippen LogP contribution in [0.5, 0.6) is 0 Å². The van der Waals surface area contributed by atoms with Crippen LogP contribution in [-0.2, 0) is 0 Å². The predicted molar refractivity (Wildman–Crippen MR) is 70.4 cm³/mol. The summed E-state index contributed by atoms with van der Waals surface area (Å²) in [5.41, 5.74) is 4.43. The SMILES string of the molecule is Nc1ncnc(Nc2cc(F)c(Br)cc2F)c1[N+](=O)[O-]. The Morgan fingerprint density at radius 1 is 1.30 bits per heavy atom. The molecule has 104 valence electrons. The third-order valence-corrected chi connectivity index (χ3v) is 2.90. The van der Waals surface area contributed by atoms with Gasteiger partial charge in [-0.25, -0.2) is 18.7 Å². The smallest absolute Gasteiger partial charge is 0.353 e. The molecule has 0 bridgehead atoms. The lowest BCUT2D eigenvalue weighted by Gasteiger charge is -2.08. The van der Waals surface area contributed by atoms with Gasteiger partial charge in [-0.1, -0.05) is 0 Å². The molecule has 7 nitrogen and oxygen atoms in total. The third-order valence-electron chi connectivity index (χ3n) is 2.30. The third kappa shape index (κ3) is 2.64. The second kappa shape index (κ2) is 5.33. The van der Waals surface area contributed by atoms with Gasteiger partial charge in [-0.3, -0.25) is 10.1 Å². The number of halogens is 3. The molecule has 20 heavy (non-hydrogen) atoms. The van der Waals surface area contributed by atoms with Crippen molar-refractivity contribution in [3.05, 3.63) is 44.7 Å². The number of nitro groups is 1. The highest BCUT2D eigenvalue weighted by atomic mass is 79.9. The van der Waals surface area contributed by atoms with Crippen molar-refractivity contribution in [2.75, 3.05) is 11.1 Å². The van der Waals surface area contributed by atoms with Crippen LogP contribution in [0.4, 0.5) is 31.8 Å². The first-order valence-corrected chi connectivity index (χ1v) is 5.86. The number of nitrogen functional groups attached to an aromatic ring is 1. The van der Waals surface area contributed by atoms with Crippen LogP contribution in [0.2, 0.25) is 0 Å². The highest BCUT2D eigenvalue weighted by molar-refractivity contribution is 9.10. The maximum absolute atomic E-state index is 13.6. The lowest BCUT2D eigenvalue weighted by Crippen LogP contribution is -2.06. The summed E-state index contributed by atoms with van der Waals surface area (Å²) in [4.78, 5) is 17.1. The highest BCUT2D eigenvalue weighted by Gasteiger charge is 2.22. The standard InChI is InChI=1S/C10H6BrF2N5O2/c11-4-1-6(13)7(2-5(4)12)17-10-8(18(19)20)9(14)15-3-16-10/h1-3H,(H3,14,15,16,17). The maximum atomic E-state index is 13.6. The van der Waals surface area contributed by atoms with Crippen LogP contribution in [0.1, 0.15) is 0 Å². The van der Waals surface area contributed by atoms with E-state index in [1.54, 1.807) is 0 Å². The molecule has 0 aliphatic carbocycles. The molecule has 0 spiro atoms. The average molecular weight is 346 g/mol. The molecule has 0 radical (unpaired) electrons. The number of anilines is 3. The van der Waals surface area contributed by atoms with Gasteiger partial charge in [0.15, 0.2) is 0 Å². The van der Waals surface area contributed by atoms with E-state index in [0.29, 0.717) is 0 Å². The number of rotatable bonds is 3. The van der Waals surface area contributed by atoms with Gasteiger partial charge in [-0.2, -0.15) is 0 Å². The molecule has 0 fully saturated rings. The van der Waals surface area contributed by atoms with Gasteiger partial charge in [-0.05, 0) is 22.0 Å². The molecule has 0 atom stereocenters. The molecule has 1 heterocycles. The minimum Gasteiger partial charge on any atom is -0.378 e. The van der Waals surface area contributed by atoms with E-state index >= 15 is 0 Å². The fourth-order valence-corrected chi connectivity index (χ4v) is 1.73. The van der Waals surface area contributed by atoms with Crippen molar-refractivity contribution < 1.29 is 13.7 Å². The van der Waals surface area contributed by atoms with E-state index in [0.717, 1.165) is 18.5 Å². The van der Waals surface area contributed by atoms with E-state index in [1.807, 2.05) is 0 Å². The van der Waals surface area contributed by atoms with Gasteiger partial charge in [0.1, 0.15) is 18.0 Å². The molecule has 0 saturated heterocycles. The Morgan fingerprint density at radius 3 is 2.65 bits per heavy atom. The van der Waals surface area contributed by atoms with Gasteiger partial charge in [-0.15, -0.1) is 0 Å². The Bertz CT molecular complexity index is 698. The minimum absolute atomic E-state index is 0.0720. The van der Waals surface area contributed by atoms with Crippen LogP contribution in [0.25, 0.3) is 0 Å². The zero-order valence-corrected chi connectivity index (χ0v) is 11.2. The van der Waals surface area contributed by atoms with Crippen molar-refractivity contribution in [3.63, 3.8) is 0 Å². The van der Waals surface area contributed by atoms with Crippen molar-refractivity contribution in [2.24, 2.45) is 0 Å². The summed E-state index contributed by atoms with van der Waals surface area (Å²) >= 11 is 2.82. The normalized spacial score (nSPS) is 10.3. The summed E-state index contributed by atoms with van der Waals surface area (Å²) in [6.45, 7) is 0. The lowest BCUT2D eigenvalue weighted by atomic mass is 10.3. The van der Waals surface area contributed by atoms with Crippen LogP contribution in [0.3, 0.4) is 0 Å². The lowest BCUT2D eigenvalue weighted by molar-refractivity contribution is -0.383. The molecule has 2 rings (SSSR count). The number of aromatic nitrogens is 2. The Morgan fingerprint density at radius 2 is 2.00 bits per heavy atom. The summed E-state index contributed by atoms with van der Waals surface area (Å²) in [5, 5.41) is 13.2. The van der Waals surface area contributed by atoms with E-state index in [1.165, 1.54) is 0 Å². The predicted octanol–water partition coefficient (Wildman–Crippen LogP) is 2.75. The van der Waals surface area contributed by atoms with Crippen molar-refractivity contribution >= 4 is 38.9 Å². The van der Waals surface area contributed by atoms with E-state index in [9.17, 15) is 18.9 Å². The Balaban J connectivity index is 2.48. The van der Waals surface area contributed by atoms with Crippen molar-refractivity contribution in [1.29, 1.82) is 0 Å². The molecular weight excluding hydrogens is 340 g/mol. The Labute approximate surface area is 119 Å². The summed E-state index contributed by atoms with van der Waals surface area (Å²) in [5.74, 6) is -2.27. The van der Waals surface area contributed by atoms with Crippen LogP contribution >= 0.6 is 15.9 Å². The van der Waals surface area contributed by atoms with Crippen molar-refractivity contribution in [2.45, 2.75) is 0 Å². The first-order chi connectivity index (χ1) is 9.40. The molecule has 1 aromatic heterocycles. The van der Waals surface area contributed by atoms with Crippen molar-refractivity contribution in [3.8, 4) is 0 Å². The van der Waals surface area contributed by atoms with Gasteiger partial charge >= 0.3 is 5.69 Å². The number of hydrogen-bond donors (Lipinski definition) is 2. The summed E-state index contributed by atoms with van der Waals surface area (Å²) in [6.07, 6.45) is 0.970. The largest absolute Gasteiger partial charge is 0.378 e. The topological polar surface area (TPSA) is 107 Å². The summed E-state index contributed by atoms with van der Waals surface area (Å²) in [7, 11) is 0. The van der Waals surface area contributed by atoms with Crippen molar-refractivity contribution in [1.82, 2.24) is 9.97 Å². The number of hydrogen-bond acceptors (Lipinski definition) is 6. The van der Waals surface area contributed by atoms with E-state index in [2.05, 4.69) is 31.2 Å². The molecule has 0 aliphatic rings. The van der Waals surface area contributed by atoms with Gasteiger partial charge in [0, 0.05) is 6.07 Å². The Kier molecular flexibility index (Phi) is 3.74. The minimum atomic E-state index is -0.815. The van der Waals surface area contributed by atoms with E-state index < -0.39 is 22.2 Å². The highest BCUT2D eigenvalue weighted by Crippen LogP contribution is 2.31. The fourth-order valence-electron chi connectivity index (χ4n) is 1.41. The van der Waals surface area contributed by atoms with Gasteiger partial charge in [0.2, 0.25) is 11.6 Å². The molecular formula is C10H6BrF2N5O2. The number of benzene rings is 1. The maximum Gasteiger partial charge on any atom is 0.353 e. The number of nitrogens with zero attached hydrogens (tertiary/aromatic N) is 3. The molecule has 0 saturated carbocycles. The first-order valence-electron chi connectivity index (χ1n) is 5.06. The molecule has 0 unspecified atom stereocenters. The van der Waals surface area contributed by atoms with Crippen LogP contribution in [0.15, 0.2) is 22.9 Å². The van der Waals surface area contributed by atoms with Crippen LogP contribution in [-0.4, -0.2) is 14.9 Å². The first kappa shape index (κ1) is 14.1. The monoisotopic (exact) mass is 345 g/mol. The number of nitrogens with two attached hydrogens (primary N) is 1. The molecule has 10 heteroatoms. The molecule has 2 aromatic rings. The van der Waals surface area contributed by atoms with Gasteiger partial charge in [0.05, 0.1) is 15.1 Å². The quantitative estimate of drug-likeness (QED) is 0.503. The average Bonchev–Trinajstić information content (AvgIpc) is 2.35. The molecule has 1 aromatic carbocycles. The fraction of sp³-hybridized carbons (Fsp3) is 0. The van der Waals surface area contributed by atoms with Crippen LogP contribution < -0.4 is 11.1 Å². The second-order valence-corrected chi connectivity index (χ2v) is 4.44. The van der Waals surface area contributed by atoms with Gasteiger partial charge < -0.3 is 11.1 Å². The van der Waals surface area contributed by atoms with E-state index in [-0.39, 0.29) is 21.8 Å². The molecule has 0 aliphatic heterocycles. The number of nitrogens with one attached hydrogen (secondary N) is 1. The zero-order valence-electron chi connectivity index (χ0n) is 9.60. The van der Waals surface area contributed by atoms with Crippen LogP contribution in [0, 0.1) is 21.7 Å². The summed E-state index contributed by atoms with van der Waals surface area (Å²) < 4.78 is 26.9. The Hall–Kier alpha value is -2.36. The zero-order chi connectivity index (χ0) is 14.9. The van der Waals surface area contributed by atoms with Gasteiger partial charge in [0.25, 0.3) is 0 Å². The van der Waals surface area contributed by atoms with E-state index in [4.69, 9.17) is 5.73 Å². The molecule has 0 amide bonds.